The summed E-state index contributed by atoms with van der Waals surface area (Å²) in [6.07, 6.45) is 2.91. The third-order valence-corrected chi connectivity index (χ3v) is 4.81. The Balaban J connectivity index is 1.60. The quantitative estimate of drug-likeness (QED) is 0.279. The van der Waals surface area contributed by atoms with E-state index in [0.29, 0.717) is 27.8 Å². The highest BCUT2D eigenvalue weighted by Gasteiger charge is 2.16. The van der Waals surface area contributed by atoms with Crippen molar-refractivity contribution in [3.63, 3.8) is 0 Å². The molecule has 0 bridgehead atoms. The summed E-state index contributed by atoms with van der Waals surface area (Å²) in [5.41, 5.74) is 3.56. The van der Waals surface area contributed by atoms with E-state index in [0.717, 1.165) is 0 Å². The first-order chi connectivity index (χ1) is 13.5. The lowest BCUT2D eigenvalue weighted by Gasteiger charge is -2.03. The second-order valence-corrected chi connectivity index (χ2v) is 6.66. The van der Waals surface area contributed by atoms with Gasteiger partial charge in [-0.2, -0.15) is 5.10 Å². The standard InChI is InChI=1S/C17H16N6O4S/c1-11-13(4-3-5-14(11)23(25)26)15-7-6-12(27-15)8-18-20-16(24)9-28-17-21-19-10-22(17)2/h3-8,10H,9H2,1-2H3,(H,20,24)/b18-8+. The molecule has 0 saturated carbocycles. The van der Waals surface area contributed by atoms with Crippen LogP contribution in [0.3, 0.4) is 0 Å². The van der Waals surface area contributed by atoms with Gasteiger partial charge in [0.15, 0.2) is 5.16 Å². The number of thioether (sulfide) groups is 1. The number of aromatic nitrogens is 3. The predicted octanol–water partition coefficient (Wildman–Crippen LogP) is 2.53. The molecule has 10 nitrogen and oxygen atoms in total. The summed E-state index contributed by atoms with van der Waals surface area (Å²) in [6, 6.07) is 8.15. The Labute approximate surface area is 163 Å². The van der Waals surface area contributed by atoms with E-state index in [4.69, 9.17) is 4.42 Å². The first-order valence-corrected chi connectivity index (χ1v) is 9.07. The molecule has 0 atom stereocenters. The van der Waals surface area contributed by atoms with Gasteiger partial charge in [-0.1, -0.05) is 23.9 Å². The third-order valence-electron chi connectivity index (χ3n) is 3.78. The topological polar surface area (TPSA) is 128 Å². The number of hydrogen-bond acceptors (Lipinski definition) is 8. The monoisotopic (exact) mass is 400 g/mol. The molecule has 3 rings (SSSR count). The van der Waals surface area contributed by atoms with Crippen LogP contribution in [0.2, 0.25) is 0 Å². The van der Waals surface area contributed by atoms with Crippen LogP contribution in [0.5, 0.6) is 0 Å². The normalized spacial score (nSPS) is 11.1. The van der Waals surface area contributed by atoms with Crippen molar-refractivity contribution in [3.8, 4) is 11.3 Å². The molecule has 3 aromatic rings. The zero-order valence-electron chi connectivity index (χ0n) is 15.0. The molecule has 1 N–H and O–H groups in total. The zero-order chi connectivity index (χ0) is 20.1. The minimum Gasteiger partial charge on any atom is -0.455 e. The number of hydrogen-bond donors (Lipinski definition) is 1. The smallest absolute Gasteiger partial charge is 0.273 e. The second kappa shape index (κ2) is 8.48. The first kappa shape index (κ1) is 19.3. The molecule has 0 saturated heterocycles. The lowest BCUT2D eigenvalue weighted by molar-refractivity contribution is -0.385. The van der Waals surface area contributed by atoms with Gasteiger partial charge in [0.25, 0.3) is 11.6 Å². The Morgan fingerprint density at radius 2 is 2.25 bits per heavy atom. The number of nitro benzene ring substituents is 1. The van der Waals surface area contributed by atoms with Gasteiger partial charge in [0.2, 0.25) is 0 Å². The molecular weight excluding hydrogens is 384 g/mol. The lowest BCUT2D eigenvalue weighted by Crippen LogP contribution is -2.19. The number of aryl methyl sites for hydroxylation is 1. The highest BCUT2D eigenvalue weighted by atomic mass is 32.2. The van der Waals surface area contributed by atoms with Crippen LogP contribution in [0.15, 0.2) is 51.3 Å². The van der Waals surface area contributed by atoms with E-state index < -0.39 is 4.92 Å². The number of amides is 1. The van der Waals surface area contributed by atoms with Crippen molar-refractivity contribution in [2.75, 3.05) is 5.75 Å². The minimum atomic E-state index is -0.432. The Morgan fingerprint density at radius 1 is 1.43 bits per heavy atom. The summed E-state index contributed by atoms with van der Waals surface area (Å²) in [5.74, 6) is 0.722. The number of rotatable bonds is 7. The van der Waals surface area contributed by atoms with Gasteiger partial charge in [0.1, 0.15) is 17.8 Å². The van der Waals surface area contributed by atoms with E-state index in [1.165, 1.54) is 24.0 Å². The summed E-state index contributed by atoms with van der Waals surface area (Å²) < 4.78 is 7.36. The number of nitrogens with one attached hydrogen (secondary N) is 1. The molecule has 1 aromatic carbocycles. The van der Waals surface area contributed by atoms with E-state index in [1.54, 1.807) is 49.1 Å². The molecule has 2 aromatic heterocycles. The van der Waals surface area contributed by atoms with Gasteiger partial charge in [0, 0.05) is 24.2 Å². The van der Waals surface area contributed by atoms with Crippen molar-refractivity contribution in [2.24, 2.45) is 12.1 Å². The summed E-state index contributed by atoms with van der Waals surface area (Å²) in [5, 5.41) is 23.2. The summed E-state index contributed by atoms with van der Waals surface area (Å²) in [7, 11) is 1.79. The average Bonchev–Trinajstić information content (AvgIpc) is 3.29. The Morgan fingerprint density at radius 3 is 2.96 bits per heavy atom. The van der Waals surface area contributed by atoms with Crippen molar-refractivity contribution in [2.45, 2.75) is 12.1 Å². The molecule has 0 fully saturated rings. The van der Waals surface area contributed by atoms with Crippen LogP contribution in [0, 0.1) is 17.0 Å². The Bertz CT molecular complexity index is 1040. The fourth-order valence-electron chi connectivity index (χ4n) is 2.39. The number of benzene rings is 1. The molecule has 0 aliphatic rings. The fraction of sp³-hybridized carbons (Fsp3) is 0.176. The number of carbonyl (C=O) groups is 1. The maximum Gasteiger partial charge on any atom is 0.273 e. The molecule has 0 radical (unpaired) electrons. The predicted molar refractivity (Wildman–Crippen MR) is 103 cm³/mol. The van der Waals surface area contributed by atoms with Gasteiger partial charge in [0.05, 0.1) is 16.9 Å². The molecule has 28 heavy (non-hydrogen) atoms. The maximum atomic E-state index is 11.8. The summed E-state index contributed by atoms with van der Waals surface area (Å²) in [4.78, 5) is 22.4. The van der Waals surface area contributed by atoms with Crippen LogP contribution >= 0.6 is 11.8 Å². The van der Waals surface area contributed by atoms with Gasteiger partial charge in [-0.3, -0.25) is 14.9 Å². The second-order valence-electron chi connectivity index (χ2n) is 5.72. The van der Waals surface area contributed by atoms with Crippen LogP contribution in [-0.2, 0) is 11.8 Å². The third kappa shape index (κ3) is 4.43. The molecule has 0 aliphatic carbocycles. The molecule has 2 heterocycles. The molecule has 11 heteroatoms. The van der Waals surface area contributed by atoms with Crippen molar-refractivity contribution in [3.05, 3.63) is 58.1 Å². The van der Waals surface area contributed by atoms with E-state index >= 15 is 0 Å². The van der Waals surface area contributed by atoms with Gasteiger partial charge < -0.3 is 8.98 Å². The SMILES string of the molecule is Cc1c(-c2ccc(/C=N/NC(=O)CSc3nncn3C)o2)cccc1[N+](=O)[O-]. The number of furan rings is 1. The van der Waals surface area contributed by atoms with Crippen molar-refractivity contribution in [1.82, 2.24) is 20.2 Å². The highest BCUT2D eigenvalue weighted by molar-refractivity contribution is 7.99. The van der Waals surface area contributed by atoms with E-state index in [2.05, 4.69) is 20.7 Å². The van der Waals surface area contributed by atoms with Gasteiger partial charge >= 0.3 is 0 Å². The van der Waals surface area contributed by atoms with E-state index in [9.17, 15) is 14.9 Å². The van der Waals surface area contributed by atoms with Gasteiger partial charge in [-0.25, -0.2) is 5.43 Å². The number of hydrazone groups is 1. The number of nitrogens with zero attached hydrogens (tertiary/aromatic N) is 5. The van der Waals surface area contributed by atoms with Crippen LogP contribution in [0.1, 0.15) is 11.3 Å². The van der Waals surface area contributed by atoms with Gasteiger partial charge in [-0.15, -0.1) is 10.2 Å². The molecule has 0 unspecified atom stereocenters. The fourth-order valence-corrected chi connectivity index (χ4v) is 3.07. The Kier molecular flexibility index (Phi) is 5.84. The van der Waals surface area contributed by atoms with Crippen LogP contribution in [0.4, 0.5) is 5.69 Å². The molecule has 144 valence electrons. The average molecular weight is 400 g/mol. The van der Waals surface area contributed by atoms with E-state index in [1.807, 2.05) is 0 Å². The molecular formula is C17H16N6O4S. The maximum absolute atomic E-state index is 11.8. The van der Waals surface area contributed by atoms with Gasteiger partial charge in [-0.05, 0) is 19.1 Å². The van der Waals surface area contributed by atoms with E-state index in [-0.39, 0.29) is 17.3 Å². The lowest BCUT2D eigenvalue weighted by atomic mass is 10.1. The number of nitro groups is 1. The van der Waals surface area contributed by atoms with Crippen molar-refractivity contribution >= 4 is 29.6 Å². The van der Waals surface area contributed by atoms with Crippen LogP contribution in [0.25, 0.3) is 11.3 Å². The Hall–Kier alpha value is -3.47. The molecule has 0 spiro atoms. The molecule has 0 aliphatic heterocycles. The van der Waals surface area contributed by atoms with Crippen LogP contribution in [-0.4, -0.2) is 37.6 Å². The molecule has 1 amide bonds. The van der Waals surface area contributed by atoms with Crippen molar-refractivity contribution < 1.29 is 14.1 Å². The first-order valence-electron chi connectivity index (χ1n) is 8.08. The van der Waals surface area contributed by atoms with Crippen molar-refractivity contribution in [1.29, 1.82) is 0 Å². The summed E-state index contributed by atoms with van der Waals surface area (Å²) in [6.45, 7) is 1.67. The van der Waals surface area contributed by atoms with Crippen LogP contribution < -0.4 is 5.43 Å². The highest BCUT2D eigenvalue weighted by Crippen LogP contribution is 2.30. The minimum absolute atomic E-state index is 0.0248. The largest absolute Gasteiger partial charge is 0.455 e. The number of carbonyl (C=O) groups excluding carboxylic acids is 1. The summed E-state index contributed by atoms with van der Waals surface area (Å²) >= 11 is 1.24. The zero-order valence-corrected chi connectivity index (χ0v) is 15.8.